The van der Waals surface area contributed by atoms with Gasteiger partial charge in [0.05, 0.1) is 12.8 Å². The number of nitrogens with zero attached hydrogens (tertiary/aromatic N) is 3. The summed E-state index contributed by atoms with van der Waals surface area (Å²) >= 11 is 0. The number of fused-ring (bicyclic) bond motifs is 1. The molecule has 1 aliphatic carbocycles. The normalized spacial score (nSPS) is 20.6. The number of aromatic amines is 2. The summed E-state index contributed by atoms with van der Waals surface area (Å²) in [4.78, 5) is 10.4. The molecule has 3 heterocycles. The summed E-state index contributed by atoms with van der Waals surface area (Å²) < 4.78 is 0. The molecule has 0 aromatic carbocycles. The number of hydrogen-bond donors (Lipinski definition) is 3. The van der Waals surface area contributed by atoms with Gasteiger partial charge in [0.1, 0.15) is 5.65 Å². The average molecular weight is 367 g/mol. The van der Waals surface area contributed by atoms with Crippen LogP contribution < -0.4 is 0 Å². The van der Waals surface area contributed by atoms with E-state index >= 15 is 0 Å². The van der Waals surface area contributed by atoms with Crippen LogP contribution in [-0.4, -0.2) is 55.9 Å². The van der Waals surface area contributed by atoms with Gasteiger partial charge >= 0.3 is 0 Å². The van der Waals surface area contributed by atoms with Gasteiger partial charge < -0.3 is 10.1 Å². The molecule has 1 saturated carbocycles. The zero-order chi connectivity index (χ0) is 18.6. The molecule has 4 rings (SSSR count). The molecule has 0 saturated heterocycles. The molecule has 0 aliphatic heterocycles. The van der Waals surface area contributed by atoms with Gasteiger partial charge in [-0.1, -0.05) is 6.92 Å². The van der Waals surface area contributed by atoms with E-state index < -0.39 is 0 Å². The van der Waals surface area contributed by atoms with Crippen LogP contribution in [0.25, 0.3) is 22.2 Å². The minimum atomic E-state index is 0.255. The topological polar surface area (TPSA) is 80.8 Å². The Balaban J connectivity index is 1.50. The van der Waals surface area contributed by atoms with Gasteiger partial charge in [-0.15, -0.1) is 0 Å². The lowest BCUT2D eigenvalue weighted by Gasteiger charge is -2.36. The molecular formula is C21H29N5O. The van der Waals surface area contributed by atoms with Crippen molar-refractivity contribution in [2.75, 3.05) is 19.7 Å². The second-order valence-corrected chi connectivity index (χ2v) is 7.62. The Morgan fingerprint density at radius 3 is 2.70 bits per heavy atom. The Morgan fingerprint density at radius 1 is 1.15 bits per heavy atom. The highest BCUT2D eigenvalue weighted by Gasteiger charge is 2.26. The molecule has 0 amide bonds. The van der Waals surface area contributed by atoms with Crippen LogP contribution in [0.2, 0.25) is 0 Å². The van der Waals surface area contributed by atoms with E-state index in [0.29, 0.717) is 12.0 Å². The summed E-state index contributed by atoms with van der Waals surface area (Å²) in [6.45, 7) is 4.35. The molecule has 6 heteroatoms. The van der Waals surface area contributed by atoms with E-state index in [1.54, 1.807) is 0 Å². The average Bonchev–Trinajstić information content (AvgIpc) is 3.37. The maximum Gasteiger partial charge on any atom is 0.137 e. The molecule has 3 aromatic heterocycles. The quantitative estimate of drug-likeness (QED) is 0.595. The van der Waals surface area contributed by atoms with Crippen LogP contribution in [-0.2, 0) is 0 Å². The molecule has 0 spiro atoms. The zero-order valence-corrected chi connectivity index (χ0v) is 16.0. The van der Waals surface area contributed by atoms with E-state index in [4.69, 9.17) is 0 Å². The van der Waals surface area contributed by atoms with Gasteiger partial charge in [-0.2, -0.15) is 5.10 Å². The fourth-order valence-corrected chi connectivity index (χ4v) is 4.55. The van der Waals surface area contributed by atoms with Gasteiger partial charge in [0.25, 0.3) is 0 Å². The van der Waals surface area contributed by atoms with E-state index in [-0.39, 0.29) is 6.61 Å². The summed E-state index contributed by atoms with van der Waals surface area (Å²) in [5.74, 6) is 0.572. The first-order valence-electron chi connectivity index (χ1n) is 10.1. The van der Waals surface area contributed by atoms with Gasteiger partial charge in [0, 0.05) is 47.7 Å². The third kappa shape index (κ3) is 3.77. The number of H-pyrrole nitrogens is 2. The van der Waals surface area contributed by atoms with Crippen LogP contribution in [0.1, 0.15) is 50.5 Å². The number of nitrogens with one attached hydrogen (secondary N) is 2. The number of hydrogen-bond acceptors (Lipinski definition) is 4. The largest absolute Gasteiger partial charge is 0.395 e. The number of aliphatic hydroxyl groups is 1. The molecule has 1 fully saturated rings. The van der Waals surface area contributed by atoms with Gasteiger partial charge in [-0.05, 0) is 56.2 Å². The number of rotatable bonds is 7. The second-order valence-electron chi connectivity index (χ2n) is 7.62. The van der Waals surface area contributed by atoms with Crippen LogP contribution in [0.4, 0.5) is 0 Å². The van der Waals surface area contributed by atoms with E-state index in [9.17, 15) is 5.11 Å². The summed E-state index contributed by atoms with van der Waals surface area (Å²) in [7, 11) is 0. The first-order valence-corrected chi connectivity index (χ1v) is 10.1. The van der Waals surface area contributed by atoms with Gasteiger partial charge in [-0.25, -0.2) is 4.98 Å². The maximum atomic E-state index is 9.35. The van der Waals surface area contributed by atoms with Crippen molar-refractivity contribution in [3.8, 4) is 11.1 Å². The summed E-state index contributed by atoms with van der Waals surface area (Å²) in [6, 6.07) is 2.92. The number of aliphatic hydroxyl groups excluding tert-OH is 1. The lowest BCUT2D eigenvalue weighted by Crippen LogP contribution is -2.40. The summed E-state index contributed by atoms with van der Waals surface area (Å²) in [6.07, 6.45) is 13.7. The van der Waals surface area contributed by atoms with E-state index in [0.717, 1.165) is 36.3 Å². The molecule has 1 aliphatic rings. The highest BCUT2D eigenvalue weighted by atomic mass is 16.3. The Hall–Kier alpha value is -2.18. The van der Waals surface area contributed by atoms with Crippen LogP contribution in [0.5, 0.6) is 0 Å². The fourth-order valence-electron chi connectivity index (χ4n) is 4.55. The minimum Gasteiger partial charge on any atom is -0.395 e. The van der Waals surface area contributed by atoms with Crippen molar-refractivity contribution < 1.29 is 5.11 Å². The van der Waals surface area contributed by atoms with Crippen LogP contribution in [0.3, 0.4) is 0 Å². The summed E-state index contributed by atoms with van der Waals surface area (Å²) in [5, 5.41) is 17.5. The monoisotopic (exact) mass is 367 g/mol. The molecule has 3 N–H and O–H groups in total. The Labute approximate surface area is 160 Å². The Bertz CT molecular complexity index is 843. The van der Waals surface area contributed by atoms with Gasteiger partial charge in [0.2, 0.25) is 0 Å². The van der Waals surface area contributed by atoms with Crippen LogP contribution >= 0.6 is 0 Å². The lowest BCUT2D eigenvalue weighted by molar-refractivity contribution is 0.119. The first-order chi connectivity index (χ1) is 13.3. The zero-order valence-electron chi connectivity index (χ0n) is 16.0. The first kappa shape index (κ1) is 18.2. The van der Waals surface area contributed by atoms with Crippen LogP contribution in [0, 0.1) is 0 Å². The molecule has 0 atom stereocenters. The lowest BCUT2D eigenvalue weighted by atomic mass is 9.81. The maximum absolute atomic E-state index is 9.35. The molecular weight excluding hydrogens is 338 g/mol. The van der Waals surface area contributed by atoms with Crippen molar-refractivity contribution in [1.29, 1.82) is 0 Å². The molecule has 0 bridgehead atoms. The molecule has 0 radical (unpaired) electrons. The highest BCUT2D eigenvalue weighted by molar-refractivity contribution is 5.93. The third-order valence-electron chi connectivity index (χ3n) is 5.94. The number of pyridine rings is 1. The van der Waals surface area contributed by atoms with Crippen molar-refractivity contribution in [3.63, 3.8) is 0 Å². The van der Waals surface area contributed by atoms with Gasteiger partial charge in [-0.3, -0.25) is 10.00 Å². The smallest absolute Gasteiger partial charge is 0.137 e. The van der Waals surface area contributed by atoms with Crippen molar-refractivity contribution in [1.82, 2.24) is 25.1 Å². The van der Waals surface area contributed by atoms with Crippen molar-refractivity contribution in [2.24, 2.45) is 0 Å². The van der Waals surface area contributed by atoms with Crippen molar-refractivity contribution in [2.45, 2.75) is 51.0 Å². The molecule has 0 unspecified atom stereocenters. The molecule has 6 nitrogen and oxygen atoms in total. The third-order valence-corrected chi connectivity index (χ3v) is 5.94. The Kier molecular flexibility index (Phi) is 5.55. The van der Waals surface area contributed by atoms with Crippen LogP contribution in [0.15, 0.2) is 30.9 Å². The standard InChI is InChI=1S/C21H29N5O/c1-2-7-26(8-9-27)18-5-3-15(4-6-18)16-10-19-20(17-12-24-25-13-17)14-23-21(19)22-11-16/h10-15,18,27H,2-9H2,1H3,(H,22,23)(H,24,25). The van der Waals surface area contributed by atoms with Crippen molar-refractivity contribution >= 4 is 11.0 Å². The van der Waals surface area contributed by atoms with E-state index in [2.05, 4.69) is 38.1 Å². The molecule has 3 aromatic rings. The second kappa shape index (κ2) is 8.23. The minimum absolute atomic E-state index is 0.255. The predicted octanol–water partition coefficient (Wildman–Crippen LogP) is 3.68. The van der Waals surface area contributed by atoms with Crippen molar-refractivity contribution in [3.05, 3.63) is 36.4 Å². The van der Waals surface area contributed by atoms with Gasteiger partial charge in [0.15, 0.2) is 0 Å². The molecule has 144 valence electrons. The summed E-state index contributed by atoms with van der Waals surface area (Å²) in [5.41, 5.74) is 4.51. The highest BCUT2D eigenvalue weighted by Crippen LogP contribution is 2.37. The Morgan fingerprint density at radius 2 is 2.00 bits per heavy atom. The van der Waals surface area contributed by atoms with E-state index in [1.807, 2.05) is 24.8 Å². The molecule has 27 heavy (non-hydrogen) atoms. The SMILES string of the molecule is CCCN(CCO)C1CCC(c2cnc3[nH]cc(-c4cn[nH]c4)c3c2)CC1. The predicted molar refractivity (Wildman–Crippen MR) is 108 cm³/mol. The fraction of sp³-hybridized carbons (Fsp3) is 0.524. The van der Waals surface area contributed by atoms with E-state index in [1.165, 1.54) is 36.6 Å². The number of aromatic nitrogens is 4.